The van der Waals surface area contributed by atoms with Gasteiger partial charge in [0.05, 0.1) is 29.2 Å². The molecule has 2 atom stereocenters. The van der Waals surface area contributed by atoms with Crippen LogP contribution in [0.15, 0.2) is 78.0 Å². The highest BCUT2D eigenvalue weighted by Crippen LogP contribution is 2.27. The number of hydrogen-bond acceptors (Lipinski definition) is 7. The largest absolute Gasteiger partial charge is 0.445 e. The van der Waals surface area contributed by atoms with Crippen LogP contribution in [0.5, 0.6) is 0 Å². The van der Waals surface area contributed by atoms with Gasteiger partial charge in [-0.25, -0.2) is 27.2 Å². The molecule has 208 valence electrons. The summed E-state index contributed by atoms with van der Waals surface area (Å²) in [4.78, 5) is 36.3. The van der Waals surface area contributed by atoms with Crippen LogP contribution in [0.2, 0.25) is 0 Å². The number of aromatic nitrogens is 3. The number of rotatable bonds is 8. The Hall–Kier alpha value is -4.25. The van der Waals surface area contributed by atoms with Gasteiger partial charge in [-0.2, -0.15) is 0 Å². The molecule has 0 bridgehead atoms. The van der Waals surface area contributed by atoms with Crippen molar-refractivity contribution in [2.24, 2.45) is 11.8 Å². The number of amides is 2. The highest BCUT2D eigenvalue weighted by molar-refractivity contribution is 7.90. The van der Waals surface area contributed by atoms with Gasteiger partial charge in [0.1, 0.15) is 12.1 Å². The highest BCUT2D eigenvalue weighted by atomic mass is 32.2. The first-order chi connectivity index (χ1) is 19.3. The van der Waals surface area contributed by atoms with Gasteiger partial charge in [0.2, 0.25) is 5.91 Å². The van der Waals surface area contributed by atoms with E-state index in [0.29, 0.717) is 17.8 Å². The number of ether oxygens (including phenoxy) is 1. The monoisotopic (exact) mass is 561 g/mol. The molecule has 0 aliphatic carbocycles. The standard InChI is InChI=1S/C29H31N5O5S/c1-3-22-17-33(29(36)39-19-21-7-5-4-6-8-21)18-25(22)28(35)31-16-23-15-30-27-26(32-23)13-14-34(27)40(37,38)24-11-9-20(2)10-12-24/h4-15,22,25H,3,16-19H2,1-2H3,(H,31,35)/t22-,25-/m1/s1. The van der Waals surface area contributed by atoms with Gasteiger partial charge in [-0.1, -0.05) is 61.4 Å². The lowest BCUT2D eigenvalue weighted by atomic mass is 9.93. The van der Waals surface area contributed by atoms with Crippen LogP contribution in [0, 0.1) is 18.8 Å². The summed E-state index contributed by atoms with van der Waals surface area (Å²) in [5.74, 6) is -0.530. The summed E-state index contributed by atoms with van der Waals surface area (Å²) in [5.41, 5.74) is 2.97. The number of likely N-dealkylation sites (tertiary alicyclic amines) is 1. The molecular weight excluding hydrogens is 530 g/mol. The maximum absolute atomic E-state index is 13.1. The maximum Gasteiger partial charge on any atom is 0.410 e. The number of nitrogens with zero attached hydrogens (tertiary/aromatic N) is 4. The first-order valence-corrected chi connectivity index (χ1v) is 14.6. The van der Waals surface area contributed by atoms with Crippen molar-refractivity contribution in [1.82, 2.24) is 24.2 Å². The summed E-state index contributed by atoms with van der Waals surface area (Å²) in [7, 11) is -3.83. The third-order valence-corrected chi connectivity index (χ3v) is 8.87. The fraction of sp³-hybridized carbons (Fsp3) is 0.310. The van der Waals surface area contributed by atoms with E-state index in [9.17, 15) is 18.0 Å². The maximum atomic E-state index is 13.1. The molecule has 1 aliphatic heterocycles. The smallest absolute Gasteiger partial charge is 0.410 e. The number of aryl methyl sites for hydroxylation is 1. The van der Waals surface area contributed by atoms with Crippen molar-refractivity contribution in [2.45, 2.75) is 38.3 Å². The molecule has 0 unspecified atom stereocenters. The Morgan fingerprint density at radius 2 is 1.80 bits per heavy atom. The Morgan fingerprint density at radius 1 is 1.05 bits per heavy atom. The Balaban J connectivity index is 1.21. The average molecular weight is 562 g/mol. The van der Waals surface area contributed by atoms with Crippen molar-refractivity contribution in [3.05, 3.63) is 89.9 Å². The van der Waals surface area contributed by atoms with E-state index in [1.165, 1.54) is 12.4 Å². The minimum Gasteiger partial charge on any atom is -0.445 e. The normalized spacial score (nSPS) is 17.2. The van der Waals surface area contributed by atoms with E-state index in [-0.39, 0.29) is 48.0 Å². The van der Waals surface area contributed by atoms with Crippen LogP contribution in [-0.2, 0) is 32.7 Å². The molecule has 10 nitrogen and oxygen atoms in total. The second-order valence-corrected chi connectivity index (χ2v) is 11.8. The molecule has 0 radical (unpaired) electrons. The summed E-state index contributed by atoms with van der Waals surface area (Å²) in [5, 5.41) is 2.91. The predicted octanol–water partition coefficient (Wildman–Crippen LogP) is 3.89. The summed E-state index contributed by atoms with van der Waals surface area (Å²) in [6.45, 7) is 4.93. The lowest BCUT2D eigenvalue weighted by Gasteiger charge is -2.16. The molecule has 0 spiro atoms. The predicted molar refractivity (Wildman–Crippen MR) is 149 cm³/mol. The average Bonchev–Trinajstić information content (AvgIpc) is 3.60. The van der Waals surface area contributed by atoms with Crippen LogP contribution in [0.4, 0.5) is 4.79 Å². The number of fused-ring (bicyclic) bond motifs is 1. The number of hydrogen-bond donors (Lipinski definition) is 1. The van der Waals surface area contributed by atoms with Gasteiger partial charge < -0.3 is 15.0 Å². The van der Waals surface area contributed by atoms with Gasteiger partial charge in [0.15, 0.2) is 5.65 Å². The molecule has 5 rings (SSSR count). The molecular formula is C29H31N5O5S. The summed E-state index contributed by atoms with van der Waals surface area (Å²) in [6, 6.07) is 17.6. The molecule has 4 aromatic rings. The second-order valence-electron chi connectivity index (χ2n) is 9.94. The Morgan fingerprint density at radius 3 is 2.52 bits per heavy atom. The van der Waals surface area contributed by atoms with Gasteiger partial charge in [0, 0.05) is 19.3 Å². The van der Waals surface area contributed by atoms with Crippen molar-refractivity contribution >= 4 is 33.2 Å². The van der Waals surface area contributed by atoms with Gasteiger partial charge in [0.25, 0.3) is 10.0 Å². The van der Waals surface area contributed by atoms with Crippen molar-refractivity contribution in [1.29, 1.82) is 0 Å². The minimum absolute atomic E-state index is 0.0128. The van der Waals surface area contributed by atoms with Crippen LogP contribution in [0.1, 0.15) is 30.2 Å². The lowest BCUT2D eigenvalue weighted by molar-refractivity contribution is -0.125. The fourth-order valence-electron chi connectivity index (χ4n) is 4.88. The van der Waals surface area contributed by atoms with Crippen LogP contribution >= 0.6 is 0 Å². The van der Waals surface area contributed by atoms with E-state index in [1.807, 2.05) is 44.2 Å². The number of carbonyl (C=O) groups excluding carboxylic acids is 2. The Labute approximate surface area is 233 Å². The van der Waals surface area contributed by atoms with E-state index in [2.05, 4.69) is 15.3 Å². The van der Waals surface area contributed by atoms with Crippen LogP contribution in [0.25, 0.3) is 11.2 Å². The highest BCUT2D eigenvalue weighted by Gasteiger charge is 2.39. The zero-order valence-electron chi connectivity index (χ0n) is 22.4. The summed E-state index contributed by atoms with van der Waals surface area (Å²) < 4.78 is 32.8. The van der Waals surface area contributed by atoms with Gasteiger partial charge in [-0.15, -0.1) is 0 Å². The first kappa shape index (κ1) is 27.3. The van der Waals surface area contributed by atoms with E-state index in [0.717, 1.165) is 21.5 Å². The van der Waals surface area contributed by atoms with E-state index in [4.69, 9.17) is 4.74 Å². The third kappa shape index (κ3) is 5.69. The number of nitrogens with one attached hydrogen (secondary N) is 1. The van der Waals surface area contributed by atoms with Crippen LogP contribution in [0.3, 0.4) is 0 Å². The number of benzene rings is 2. The summed E-state index contributed by atoms with van der Waals surface area (Å²) >= 11 is 0. The second kappa shape index (κ2) is 11.5. The van der Waals surface area contributed by atoms with Crippen LogP contribution in [-0.4, -0.2) is 52.3 Å². The van der Waals surface area contributed by atoms with E-state index < -0.39 is 16.1 Å². The topological polar surface area (TPSA) is 123 Å². The molecule has 1 N–H and O–H groups in total. The SMILES string of the molecule is CC[C@@H]1CN(C(=O)OCc2ccccc2)C[C@H]1C(=O)NCc1cnc2c(ccn2S(=O)(=O)c2ccc(C)cc2)n1. The first-order valence-electron chi connectivity index (χ1n) is 13.1. The van der Waals surface area contributed by atoms with Crippen LogP contribution < -0.4 is 5.32 Å². The van der Waals surface area contributed by atoms with Gasteiger partial charge in [-0.3, -0.25) is 4.79 Å². The Bertz CT molecular complexity index is 1620. The lowest BCUT2D eigenvalue weighted by Crippen LogP contribution is -2.35. The molecule has 2 aromatic carbocycles. The van der Waals surface area contributed by atoms with Crippen molar-refractivity contribution in [2.75, 3.05) is 13.1 Å². The molecule has 0 saturated carbocycles. The van der Waals surface area contributed by atoms with Crippen molar-refractivity contribution in [3.8, 4) is 0 Å². The number of carbonyl (C=O) groups is 2. The molecule has 40 heavy (non-hydrogen) atoms. The molecule has 1 aliphatic rings. The molecule has 2 amide bonds. The van der Waals surface area contributed by atoms with E-state index in [1.54, 1.807) is 35.2 Å². The zero-order valence-corrected chi connectivity index (χ0v) is 23.2. The van der Waals surface area contributed by atoms with Gasteiger partial charge in [-0.05, 0) is 36.6 Å². The van der Waals surface area contributed by atoms with E-state index >= 15 is 0 Å². The molecule has 3 heterocycles. The molecule has 1 fully saturated rings. The Kier molecular flexibility index (Phi) is 7.83. The van der Waals surface area contributed by atoms with Gasteiger partial charge >= 0.3 is 6.09 Å². The third-order valence-electron chi connectivity index (χ3n) is 7.19. The zero-order chi connectivity index (χ0) is 28.3. The van der Waals surface area contributed by atoms with Crippen molar-refractivity contribution < 1.29 is 22.7 Å². The molecule has 11 heteroatoms. The molecule has 2 aromatic heterocycles. The fourth-order valence-corrected chi connectivity index (χ4v) is 6.18. The summed E-state index contributed by atoms with van der Waals surface area (Å²) in [6.07, 6.45) is 3.20. The minimum atomic E-state index is -3.83. The van der Waals surface area contributed by atoms with Crippen molar-refractivity contribution in [3.63, 3.8) is 0 Å². The molecule has 1 saturated heterocycles. The quantitative estimate of drug-likeness (QED) is 0.346.